The zero-order valence-corrected chi connectivity index (χ0v) is 47.4. The van der Waals surface area contributed by atoms with Crippen LogP contribution in [0.3, 0.4) is 0 Å². The fourth-order valence-corrected chi connectivity index (χ4v) is 34.8. The molecule has 24 nitrogen and oxygen atoms in total. The molecule has 2 rings (SSSR count). The second-order valence-electron chi connectivity index (χ2n) is 11.5. The minimum Gasteiger partial charge on any atom is -0.463 e. The van der Waals surface area contributed by atoms with Crippen LogP contribution >= 0.6 is 0 Å². The number of azide groups is 2. The lowest BCUT2D eigenvalue weighted by Gasteiger charge is -2.44. The van der Waals surface area contributed by atoms with E-state index in [2.05, 4.69) is 20.1 Å². The second-order valence-corrected chi connectivity index (χ2v) is 34.5. The van der Waals surface area contributed by atoms with E-state index < -0.39 is 91.9 Å². The van der Waals surface area contributed by atoms with Gasteiger partial charge in [0.2, 0.25) is 0 Å². The zero-order valence-electron chi connectivity index (χ0n) is 35.2. The maximum absolute atomic E-state index is 11.7. The first-order valence-electron chi connectivity index (χ1n) is 18.1. The molecule has 0 aromatic heterocycles. The van der Waals surface area contributed by atoms with Crippen molar-refractivity contribution < 1.29 is 87.0 Å². The summed E-state index contributed by atoms with van der Waals surface area (Å²) in [6.45, 7) is 4.73. The van der Waals surface area contributed by atoms with Crippen LogP contribution in [0.15, 0.2) is 10.2 Å². The highest BCUT2D eigenvalue weighted by molar-refractivity contribution is 8.76. The van der Waals surface area contributed by atoms with E-state index in [-0.39, 0.29) is 66.8 Å². The van der Waals surface area contributed by atoms with Gasteiger partial charge in [0.1, 0.15) is 37.1 Å². The molecule has 0 radical (unpaired) electrons. The summed E-state index contributed by atoms with van der Waals surface area (Å²) in [6, 6.07) is 0. The van der Waals surface area contributed by atoms with Crippen molar-refractivity contribution in [2.75, 3.05) is 65.9 Å². The van der Waals surface area contributed by atoms with Crippen molar-refractivity contribution in [1.29, 1.82) is 0 Å². The molecule has 0 saturated carbocycles. The first-order valence-corrected chi connectivity index (χ1v) is 36.8. The van der Waals surface area contributed by atoms with Crippen molar-refractivity contribution in [3.8, 4) is 0 Å². The van der Waals surface area contributed by atoms with Crippen LogP contribution in [-0.4, -0.2) is 172 Å². The van der Waals surface area contributed by atoms with Crippen molar-refractivity contribution in [3.63, 3.8) is 0 Å². The molecule has 4 N–H and O–H groups in total. The lowest BCUT2D eigenvalue weighted by atomic mass is 9.98. The molecule has 0 spiro atoms. The molecule has 0 aromatic rings. The van der Waals surface area contributed by atoms with E-state index in [1.807, 2.05) is 0 Å². The maximum atomic E-state index is 11.7. The summed E-state index contributed by atoms with van der Waals surface area (Å²) in [6.07, 6.45) is -12.6. The number of aliphatic hydroxyl groups is 4. The van der Waals surface area contributed by atoms with Crippen molar-refractivity contribution in [3.05, 3.63) is 20.9 Å². The van der Waals surface area contributed by atoms with Crippen LogP contribution in [0.1, 0.15) is 35.1 Å². The van der Waals surface area contributed by atoms with E-state index in [4.69, 9.17) is 85.9 Å². The summed E-state index contributed by atoms with van der Waals surface area (Å²) >= 11 is 9.45. The van der Waals surface area contributed by atoms with Gasteiger partial charge in [-0.15, -0.1) is 0 Å². The van der Waals surface area contributed by atoms with Crippen LogP contribution < -0.4 is 0 Å². The van der Waals surface area contributed by atoms with Crippen LogP contribution in [0, 0.1) is 0 Å². The average Bonchev–Trinajstić information content (AvgIpc) is 3.28. The van der Waals surface area contributed by atoms with E-state index >= 15 is 0 Å². The first kappa shape index (κ1) is 69.5. The molecule has 394 valence electrons. The number of carbonyl (C=O) groups excluding carboxylic acids is 4. The van der Waals surface area contributed by atoms with Crippen molar-refractivity contribution in [2.45, 2.75) is 96.5 Å². The van der Waals surface area contributed by atoms with E-state index in [9.17, 15) is 34.5 Å². The van der Waals surface area contributed by atoms with Crippen molar-refractivity contribution in [1.82, 2.24) is 0 Å². The largest absolute Gasteiger partial charge is 0.463 e. The molecule has 2 saturated heterocycles. The fourth-order valence-electron chi connectivity index (χ4n) is 4.60. The third-order valence-corrected chi connectivity index (χ3v) is 33.6. The predicted molar refractivity (Wildman–Crippen MR) is 284 cm³/mol. The highest BCUT2D eigenvalue weighted by Crippen LogP contribution is 2.30. The summed E-state index contributed by atoms with van der Waals surface area (Å²) < 4.78 is 52.7. The van der Waals surface area contributed by atoms with Crippen molar-refractivity contribution in [2.24, 2.45) is 10.2 Å². The number of nitrogens with zero attached hydrogens (tertiary/aromatic N) is 6. The van der Waals surface area contributed by atoms with E-state index in [0.717, 1.165) is 20.8 Å². The Bertz CT molecular complexity index is 2190. The van der Waals surface area contributed by atoms with Crippen molar-refractivity contribution >= 4 is 162 Å². The standard InChI is InChI=1S/C18H27N3O11.C10H19N3O7.CH4.S15/c1-10(22)28-9-14-15(29-11(2)23)16(30-12(3)24)17(31-13(4)25)18(32-14)27-8-7-26-6-5-20-21-19;11-13-12-1-2-18-3-4-19-10-9(17)8(16)7(15)6(5-14)20-10;;1-3-5-7-9-11-13-15-14-12-10-8-6-4-2/h14-18H,5-9H2,1-4H3;6-10,14-17H,1-5H2;1H4;. The van der Waals surface area contributed by atoms with Gasteiger partial charge in [-0.05, 0) is 11.1 Å². The molecule has 0 amide bonds. The Morgan fingerprint density at radius 2 is 0.971 bits per heavy atom. The molecule has 0 aliphatic carbocycles. The summed E-state index contributed by atoms with van der Waals surface area (Å²) in [5.74, 6) is -2.81. The second kappa shape index (κ2) is 46.2. The third-order valence-electron chi connectivity index (χ3n) is 6.95. The zero-order chi connectivity index (χ0) is 50.2. The van der Waals surface area contributed by atoms with Gasteiger partial charge in [-0.3, -0.25) is 19.2 Å². The van der Waals surface area contributed by atoms with Crippen LogP contribution in [0.4, 0.5) is 0 Å². The van der Waals surface area contributed by atoms with Gasteiger partial charge < -0.3 is 67.8 Å². The third kappa shape index (κ3) is 34.7. The molecule has 0 aromatic carbocycles. The number of carbonyl (C=O) groups is 4. The number of hydrogen-bond donors (Lipinski definition) is 4. The summed E-state index contributed by atoms with van der Waals surface area (Å²) in [4.78, 5) is 51.5. The average molecular weight is 1250 g/mol. The summed E-state index contributed by atoms with van der Waals surface area (Å²) in [5, 5.41) is 44.3. The monoisotopic (exact) mass is 1250 g/mol. The molecule has 2 aliphatic heterocycles. The topological polar surface area (TPSA) is 339 Å². The minimum absolute atomic E-state index is 0. The number of ether oxygens (including phenoxy) is 10. The smallest absolute Gasteiger partial charge is 0.303 e. The van der Waals surface area contributed by atoms with E-state index in [1.54, 1.807) is 97.7 Å². The Labute approximate surface area is 437 Å². The minimum atomic E-state index is -1.46. The van der Waals surface area contributed by atoms with Gasteiger partial charge in [0.25, 0.3) is 0 Å². The quantitative estimate of drug-likeness (QED) is 0.0288. The van der Waals surface area contributed by atoms with Gasteiger partial charge in [-0.25, -0.2) is 0 Å². The Hall–Kier alpha value is -0.600. The molecular weight excluding hydrogens is 1200 g/mol. The van der Waals surface area contributed by atoms with Gasteiger partial charge in [-0.2, -0.15) is 0 Å². The highest BCUT2D eigenvalue weighted by Gasteiger charge is 2.52. The Morgan fingerprint density at radius 1 is 0.559 bits per heavy atom. The number of aliphatic hydroxyl groups excluding tert-OH is 4. The molecule has 68 heavy (non-hydrogen) atoms. The molecule has 0 bridgehead atoms. The molecule has 10 atom stereocenters. The molecule has 2 aliphatic rings. The van der Waals surface area contributed by atoms with Crippen LogP contribution in [0.25, 0.3) is 20.9 Å². The molecule has 2 heterocycles. The SMILES string of the molecule is C.CC(=O)OCC1OC(OCCOCCN=[N+]=[N-])C(OC(C)=O)C(OC(C)=O)C1OC(C)=O.S=S=S=S=S=S=S=S=S=S=S=S=S=S=S.[N-]=[N+]=NCCOCCOC1OC(CO)C(O)C(O)C1O. The number of rotatable bonds is 20. The Morgan fingerprint density at radius 3 is 1.38 bits per heavy atom. The van der Waals surface area contributed by atoms with Crippen LogP contribution in [-0.2, 0) is 204 Å². The Kier molecular flexibility index (Phi) is 47.2. The predicted octanol–water partition coefficient (Wildman–Crippen LogP) is -0.857. The lowest BCUT2D eigenvalue weighted by molar-refractivity contribution is -0.309. The van der Waals surface area contributed by atoms with Gasteiger partial charge in [-0.1, -0.05) is 17.7 Å². The number of esters is 4. The highest BCUT2D eigenvalue weighted by atomic mass is 33.5. The molecule has 39 heteroatoms. The van der Waals surface area contributed by atoms with Gasteiger partial charge in [0.15, 0.2) is 30.9 Å². The maximum Gasteiger partial charge on any atom is 0.303 e. The normalized spacial score (nSPS) is 23.1. The first-order chi connectivity index (χ1) is 32.2. The summed E-state index contributed by atoms with van der Waals surface area (Å²) in [5.41, 5.74) is 16.3. The van der Waals surface area contributed by atoms with Gasteiger partial charge in [0, 0.05) is 188 Å². The van der Waals surface area contributed by atoms with Gasteiger partial charge in [0.05, 0.1) is 46.2 Å². The van der Waals surface area contributed by atoms with E-state index in [1.165, 1.54) is 24.7 Å². The van der Waals surface area contributed by atoms with Crippen LogP contribution in [0.2, 0.25) is 0 Å². The lowest BCUT2D eigenvalue weighted by Crippen LogP contribution is -2.63. The van der Waals surface area contributed by atoms with Gasteiger partial charge >= 0.3 is 23.9 Å². The number of hydrogen-bond acceptors (Lipinski definition) is 22. The molecule has 2 fully saturated rings. The summed E-state index contributed by atoms with van der Waals surface area (Å²) in [7, 11) is 21.7. The molecular formula is C29H50N6O18S15. The van der Waals surface area contributed by atoms with E-state index in [0.29, 0.717) is 0 Å². The fraction of sp³-hybridized carbons (Fsp3) is 0.862. The molecule has 10 unspecified atom stereocenters. The Balaban J connectivity index is 0. The van der Waals surface area contributed by atoms with Crippen LogP contribution in [0.5, 0.6) is 0 Å².